The van der Waals surface area contributed by atoms with E-state index in [4.69, 9.17) is 4.74 Å². The van der Waals surface area contributed by atoms with Crippen molar-refractivity contribution in [2.24, 2.45) is 0 Å². The van der Waals surface area contributed by atoms with Crippen LogP contribution in [0.3, 0.4) is 0 Å². The second-order valence-electron chi connectivity index (χ2n) is 8.87. The lowest BCUT2D eigenvalue weighted by atomic mass is 9.96. The number of carbonyl (C=O) groups excluding carboxylic acids is 1. The Bertz CT molecular complexity index is 783. The van der Waals surface area contributed by atoms with Crippen LogP contribution < -0.4 is 0 Å². The molecule has 3 nitrogen and oxygen atoms in total. The molecule has 32 heavy (non-hydrogen) atoms. The molecule has 176 valence electrons. The molecule has 0 fully saturated rings. The lowest BCUT2D eigenvalue weighted by molar-refractivity contribution is 0.0249. The van der Waals surface area contributed by atoms with E-state index < -0.39 is 5.97 Å². The van der Waals surface area contributed by atoms with Gasteiger partial charge in [0.1, 0.15) is 17.4 Å². The summed E-state index contributed by atoms with van der Waals surface area (Å²) in [5, 5.41) is 9.96. The predicted octanol–water partition coefficient (Wildman–Crippen LogP) is 8.03. The zero-order valence-corrected chi connectivity index (χ0v) is 20.2. The molecule has 2 rings (SSSR count). The van der Waals surface area contributed by atoms with E-state index in [-0.39, 0.29) is 17.4 Å². The van der Waals surface area contributed by atoms with E-state index in [1.165, 1.54) is 55.7 Å². The maximum atomic E-state index is 12.6. The third-order valence-electron chi connectivity index (χ3n) is 6.17. The van der Waals surface area contributed by atoms with E-state index >= 15 is 0 Å². The molecule has 2 aromatic carbocycles. The summed E-state index contributed by atoms with van der Waals surface area (Å²) in [5.74, 6) is -0.442. The van der Waals surface area contributed by atoms with Crippen molar-refractivity contribution in [2.45, 2.75) is 103 Å². The third-order valence-corrected chi connectivity index (χ3v) is 6.17. The summed E-state index contributed by atoms with van der Waals surface area (Å²) in [5.41, 5.74) is 3.15. The van der Waals surface area contributed by atoms with Gasteiger partial charge in [0.15, 0.2) is 0 Å². The SMILES string of the molecule is CCCCCCCCc1ccccc1CCCC(CCCC)OC(=O)c1ccccc1O. The van der Waals surface area contributed by atoms with Crippen LogP contribution in [-0.2, 0) is 17.6 Å². The number of unbranched alkanes of at least 4 members (excludes halogenated alkanes) is 6. The van der Waals surface area contributed by atoms with E-state index in [2.05, 4.69) is 38.1 Å². The van der Waals surface area contributed by atoms with Crippen LogP contribution in [0.1, 0.15) is 106 Å². The van der Waals surface area contributed by atoms with E-state index in [0.29, 0.717) is 0 Å². The summed E-state index contributed by atoms with van der Waals surface area (Å²) < 4.78 is 5.80. The Kier molecular flexibility index (Phi) is 12.6. The average molecular weight is 439 g/mol. The Hall–Kier alpha value is -2.29. The van der Waals surface area contributed by atoms with Gasteiger partial charge in [-0.05, 0) is 61.8 Å². The van der Waals surface area contributed by atoms with Crippen molar-refractivity contribution in [3.63, 3.8) is 0 Å². The van der Waals surface area contributed by atoms with Crippen molar-refractivity contribution in [2.75, 3.05) is 0 Å². The molecule has 2 aromatic rings. The second kappa shape index (κ2) is 15.5. The first kappa shape index (κ1) is 26.0. The highest BCUT2D eigenvalue weighted by Crippen LogP contribution is 2.22. The van der Waals surface area contributed by atoms with Crippen molar-refractivity contribution >= 4 is 5.97 Å². The van der Waals surface area contributed by atoms with Crippen molar-refractivity contribution < 1.29 is 14.6 Å². The molecule has 1 unspecified atom stereocenters. The highest BCUT2D eigenvalue weighted by atomic mass is 16.5. The lowest BCUT2D eigenvalue weighted by Gasteiger charge is -2.18. The molecule has 0 bridgehead atoms. The van der Waals surface area contributed by atoms with Gasteiger partial charge in [-0.25, -0.2) is 4.79 Å². The summed E-state index contributed by atoms with van der Waals surface area (Å²) in [6, 6.07) is 15.4. The van der Waals surface area contributed by atoms with Crippen LogP contribution in [0.15, 0.2) is 48.5 Å². The van der Waals surface area contributed by atoms with Crippen LogP contribution >= 0.6 is 0 Å². The Labute approximate surface area is 195 Å². The Balaban J connectivity index is 1.85. The second-order valence-corrected chi connectivity index (χ2v) is 8.87. The maximum absolute atomic E-state index is 12.6. The van der Waals surface area contributed by atoms with Gasteiger partial charge in [0, 0.05) is 0 Å². The quantitative estimate of drug-likeness (QED) is 0.213. The zero-order valence-electron chi connectivity index (χ0n) is 20.2. The van der Waals surface area contributed by atoms with Gasteiger partial charge in [-0.2, -0.15) is 0 Å². The number of para-hydroxylation sites is 1. The standard InChI is InChI=1S/C29H42O3/c1-3-5-7-8-9-10-16-24-17-11-12-18-25(24)19-15-21-26(20-6-4-2)32-29(31)27-22-13-14-23-28(27)30/h11-14,17-18,22-23,26,30H,3-10,15-16,19-21H2,1-2H3. The molecule has 1 atom stereocenters. The van der Waals surface area contributed by atoms with Crippen LogP contribution in [-0.4, -0.2) is 17.2 Å². The first-order valence-corrected chi connectivity index (χ1v) is 12.7. The highest BCUT2D eigenvalue weighted by Gasteiger charge is 2.18. The molecule has 0 spiro atoms. The molecule has 0 aliphatic heterocycles. The number of hydrogen-bond acceptors (Lipinski definition) is 3. The number of carbonyl (C=O) groups is 1. The normalized spacial score (nSPS) is 11.9. The molecular weight excluding hydrogens is 396 g/mol. The van der Waals surface area contributed by atoms with Gasteiger partial charge in [-0.3, -0.25) is 0 Å². The average Bonchev–Trinajstić information content (AvgIpc) is 2.80. The number of esters is 1. The molecule has 0 aliphatic rings. The van der Waals surface area contributed by atoms with Gasteiger partial charge in [0.05, 0.1) is 0 Å². The van der Waals surface area contributed by atoms with Crippen LogP contribution in [0, 0.1) is 0 Å². The van der Waals surface area contributed by atoms with Gasteiger partial charge < -0.3 is 9.84 Å². The fourth-order valence-corrected chi connectivity index (χ4v) is 4.22. The fraction of sp³-hybridized carbons (Fsp3) is 0.552. The summed E-state index contributed by atoms with van der Waals surface area (Å²) in [7, 11) is 0. The van der Waals surface area contributed by atoms with Crippen LogP contribution in [0.25, 0.3) is 0 Å². The number of aromatic hydroxyl groups is 1. The molecule has 0 saturated carbocycles. The molecule has 0 aromatic heterocycles. The number of benzene rings is 2. The smallest absolute Gasteiger partial charge is 0.342 e. The predicted molar refractivity (Wildman–Crippen MR) is 133 cm³/mol. The molecule has 0 heterocycles. The van der Waals surface area contributed by atoms with E-state index in [1.807, 2.05) is 0 Å². The van der Waals surface area contributed by atoms with E-state index in [0.717, 1.165) is 44.9 Å². The summed E-state index contributed by atoms with van der Waals surface area (Å²) in [6.07, 6.45) is 14.8. The molecule has 3 heteroatoms. The minimum Gasteiger partial charge on any atom is -0.507 e. The number of ether oxygens (including phenoxy) is 1. The number of rotatable bonds is 16. The van der Waals surface area contributed by atoms with Crippen molar-refractivity contribution in [3.8, 4) is 5.75 Å². The van der Waals surface area contributed by atoms with E-state index in [9.17, 15) is 9.90 Å². The molecule has 1 N–H and O–H groups in total. The van der Waals surface area contributed by atoms with Crippen molar-refractivity contribution in [1.29, 1.82) is 0 Å². The molecule has 0 aliphatic carbocycles. The van der Waals surface area contributed by atoms with Gasteiger partial charge >= 0.3 is 5.97 Å². The van der Waals surface area contributed by atoms with Crippen molar-refractivity contribution in [3.05, 3.63) is 65.2 Å². The fourth-order valence-electron chi connectivity index (χ4n) is 4.22. The summed E-state index contributed by atoms with van der Waals surface area (Å²) >= 11 is 0. The molecule has 0 radical (unpaired) electrons. The summed E-state index contributed by atoms with van der Waals surface area (Å²) in [6.45, 7) is 4.41. The number of aryl methyl sites for hydroxylation is 2. The molecular formula is C29H42O3. The maximum Gasteiger partial charge on any atom is 0.342 e. The van der Waals surface area contributed by atoms with Crippen LogP contribution in [0.2, 0.25) is 0 Å². The third kappa shape index (κ3) is 9.46. The zero-order chi connectivity index (χ0) is 23.0. The molecule has 0 amide bonds. The number of phenolic OH excluding ortho intramolecular Hbond substituents is 1. The highest BCUT2D eigenvalue weighted by molar-refractivity contribution is 5.92. The Morgan fingerprint density at radius 1 is 0.750 bits per heavy atom. The van der Waals surface area contributed by atoms with Gasteiger partial charge in [0.2, 0.25) is 0 Å². The Morgan fingerprint density at radius 2 is 1.31 bits per heavy atom. The minimum atomic E-state index is -0.423. The summed E-state index contributed by atoms with van der Waals surface area (Å²) in [4.78, 5) is 12.6. The number of phenols is 1. The molecule has 0 saturated heterocycles. The van der Waals surface area contributed by atoms with Gasteiger partial charge in [-0.15, -0.1) is 0 Å². The largest absolute Gasteiger partial charge is 0.507 e. The van der Waals surface area contributed by atoms with Crippen molar-refractivity contribution in [1.82, 2.24) is 0 Å². The number of hydrogen-bond donors (Lipinski definition) is 1. The minimum absolute atomic E-state index is 0.0182. The van der Waals surface area contributed by atoms with Crippen LogP contribution in [0.5, 0.6) is 5.75 Å². The topological polar surface area (TPSA) is 46.5 Å². The van der Waals surface area contributed by atoms with E-state index in [1.54, 1.807) is 18.2 Å². The Morgan fingerprint density at radius 3 is 2.00 bits per heavy atom. The van der Waals surface area contributed by atoms with Gasteiger partial charge in [-0.1, -0.05) is 95.2 Å². The van der Waals surface area contributed by atoms with Crippen LogP contribution in [0.4, 0.5) is 0 Å². The van der Waals surface area contributed by atoms with Gasteiger partial charge in [0.25, 0.3) is 0 Å². The first-order valence-electron chi connectivity index (χ1n) is 12.7. The lowest BCUT2D eigenvalue weighted by Crippen LogP contribution is -2.19. The monoisotopic (exact) mass is 438 g/mol. The first-order chi connectivity index (χ1) is 15.7.